The van der Waals surface area contributed by atoms with Gasteiger partial charge >= 0.3 is 0 Å². The fourth-order valence-corrected chi connectivity index (χ4v) is 6.10. The number of aryl methyl sites for hydroxylation is 1. The van der Waals surface area contributed by atoms with Crippen molar-refractivity contribution < 1.29 is 22.7 Å². The van der Waals surface area contributed by atoms with Gasteiger partial charge < -0.3 is 15.0 Å². The molecule has 0 fully saturated rings. The molecule has 0 aliphatic carbocycles. The summed E-state index contributed by atoms with van der Waals surface area (Å²) >= 11 is 12.9. The first kappa shape index (κ1) is 32.2. The van der Waals surface area contributed by atoms with Crippen LogP contribution in [-0.4, -0.2) is 51.4 Å². The van der Waals surface area contributed by atoms with E-state index in [9.17, 15) is 18.0 Å². The van der Waals surface area contributed by atoms with E-state index in [1.807, 2.05) is 13.8 Å². The Balaban J connectivity index is 2.08. The molecule has 3 aromatic rings. The number of benzene rings is 3. The molecule has 0 bridgehead atoms. The quantitative estimate of drug-likeness (QED) is 0.243. The Hall–Kier alpha value is -3.27. The summed E-state index contributed by atoms with van der Waals surface area (Å²) < 4.78 is 34.4. The lowest BCUT2D eigenvalue weighted by molar-refractivity contribution is -0.139. The molecule has 0 heterocycles. The van der Waals surface area contributed by atoms with Gasteiger partial charge in [0.25, 0.3) is 10.0 Å². The van der Waals surface area contributed by atoms with Gasteiger partial charge in [-0.05, 0) is 56.7 Å². The maximum absolute atomic E-state index is 14.1. The van der Waals surface area contributed by atoms with Crippen LogP contribution in [-0.2, 0) is 26.2 Å². The highest BCUT2D eigenvalue weighted by molar-refractivity contribution is 7.92. The maximum Gasteiger partial charge on any atom is 0.264 e. The number of methoxy groups -OCH3 is 1. The van der Waals surface area contributed by atoms with Crippen molar-refractivity contribution >= 4 is 50.7 Å². The number of nitrogens with zero attached hydrogens (tertiary/aromatic N) is 2. The molecule has 1 atom stereocenters. The van der Waals surface area contributed by atoms with Crippen LogP contribution in [0, 0.1) is 6.92 Å². The van der Waals surface area contributed by atoms with Crippen LogP contribution in [0.3, 0.4) is 0 Å². The molecule has 3 aromatic carbocycles. The van der Waals surface area contributed by atoms with Crippen LogP contribution in [0.4, 0.5) is 5.69 Å². The predicted molar refractivity (Wildman–Crippen MR) is 163 cm³/mol. The molecule has 220 valence electrons. The molecular formula is C30H35Cl2N3O5S. The second kappa shape index (κ2) is 14.6. The molecule has 0 unspecified atom stereocenters. The zero-order valence-corrected chi connectivity index (χ0v) is 25.9. The summed E-state index contributed by atoms with van der Waals surface area (Å²) in [7, 11) is -2.81. The van der Waals surface area contributed by atoms with Crippen LogP contribution in [0.2, 0.25) is 10.0 Å². The number of unbranched alkanes of at least 4 members (excludes halogenated alkanes) is 1. The van der Waals surface area contributed by atoms with Gasteiger partial charge in [0.1, 0.15) is 18.3 Å². The van der Waals surface area contributed by atoms with Crippen molar-refractivity contribution in [3.63, 3.8) is 0 Å². The highest BCUT2D eigenvalue weighted by atomic mass is 35.5. The number of anilines is 1. The summed E-state index contributed by atoms with van der Waals surface area (Å²) in [4.78, 5) is 28.5. The normalized spacial score (nSPS) is 12.0. The first-order valence-corrected chi connectivity index (χ1v) is 15.4. The zero-order valence-electron chi connectivity index (χ0n) is 23.6. The van der Waals surface area contributed by atoms with E-state index in [2.05, 4.69) is 5.32 Å². The Morgan fingerprint density at radius 1 is 0.976 bits per heavy atom. The van der Waals surface area contributed by atoms with Gasteiger partial charge in [-0.1, -0.05) is 72.4 Å². The topological polar surface area (TPSA) is 96.0 Å². The monoisotopic (exact) mass is 619 g/mol. The van der Waals surface area contributed by atoms with E-state index >= 15 is 0 Å². The maximum atomic E-state index is 14.1. The minimum absolute atomic E-state index is 0.00728. The molecule has 0 aliphatic rings. The van der Waals surface area contributed by atoms with Crippen molar-refractivity contribution in [2.45, 2.75) is 51.1 Å². The van der Waals surface area contributed by atoms with Crippen LogP contribution in [0.1, 0.15) is 37.8 Å². The van der Waals surface area contributed by atoms with E-state index in [4.69, 9.17) is 27.9 Å². The Morgan fingerprint density at radius 3 is 2.22 bits per heavy atom. The standard InChI is InChI=1S/C30H35Cl2N3O5S/c1-5-6-18-33-30(37)22(3)34(19-24-25(31)10-9-11-26(24)32)29(36)20-35(27-12-7-8-13-28(27)40-4)41(38,39)23-16-14-21(2)15-17-23/h7-17,22H,5-6,18-20H2,1-4H3,(H,33,37)/t22-/m1/s1. The lowest BCUT2D eigenvalue weighted by Crippen LogP contribution is -2.51. The van der Waals surface area contributed by atoms with Crippen LogP contribution in [0.25, 0.3) is 0 Å². The summed E-state index contributed by atoms with van der Waals surface area (Å²) in [5.41, 5.74) is 1.51. The molecule has 0 spiro atoms. The van der Waals surface area contributed by atoms with Crippen LogP contribution < -0.4 is 14.4 Å². The number of carbonyl (C=O) groups is 2. The summed E-state index contributed by atoms with van der Waals surface area (Å²) in [5.74, 6) is -0.733. The SMILES string of the molecule is CCCCNC(=O)[C@@H](C)N(Cc1c(Cl)cccc1Cl)C(=O)CN(c1ccccc1OC)S(=O)(=O)c1ccc(C)cc1. The molecule has 11 heteroatoms. The third kappa shape index (κ3) is 7.93. The molecule has 41 heavy (non-hydrogen) atoms. The zero-order chi connectivity index (χ0) is 30.2. The molecular weight excluding hydrogens is 585 g/mol. The van der Waals surface area contributed by atoms with E-state index in [1.54, 1.807) is 61.5 Å². The van der Waals surface area contributed by atoms with Gasteiger partial charge in [0.2, 0.25) is 11.8 Å². The predicted octanol–water partition coefficient (Wildman–Crippen LogP) is 5.84. The average Bonchev–Trinajstić information content (AvgIpc) is 2.95. The lowest BCUT2D eigenvalue weighted by atomic mass is 10.1. The van der Waals surface area contributed by atoms with Crippen molar-refractivity contribution in [2.75, 3.05) is 24.5 Å². The number of amides is 2. The number of sulfonamides is 1. The van der Waals surface area contributed by atoms with Gasteiger partial charge in [-0.3, -0.25) is 13.9 Å². The van der Waals surface area contributed by atoms with Crippen molar-refractivity contribution in [2.24, 2.45) is 0 Å². The van der Waals surface area contributed by atoms with Crippen LogP contribution in [0.5, 0.6) is 5.75 Å². The summed E-state index contributed by atoms with van der Waals surface area (Å²) in [6.45, 7) is 5.18. The summed E-state index contributed by atoms with van der Waals surface area (Å²) in [6, 6.07) is 16.9. The number of hydrogen-bond donors (Lipinski definition) is 1. The van der Waals surface area contributed by atoms with Crippen molar-refractivity contribution in [3.05, 3.63) is 87.9 Å². The molecule has 3 rings (SSSR count). The average molecular weight is 621 g/mol. The lowest BCUT2D eigenvalue weighted by Gasteiger charge is -2.32. The number of hydrogen-bond acceptors (Lipinski definition) is 5. The molecule has 0 saturated heterocycles. The number of rotatable bonds is 13. The third-order valence-corrected chi connectivity index (χ3v) is 9.11. The minimum atomic E-state index is -4.23. The van der Waals surface area contributed by atoms with E-state index in [-0.39, 0.29) is 28.8 Å². The van der Waals surface area contributed by atoms with Crippen LogP contribution >= 0.6 is 23.2 Å². The molecule has 0 radical (unpaired) electrons. The second-order valence-corrected chi connectivity index (χ2v) is 12.2. The summed E-state index contributed by atoms with van der Waals surface area (Å²) in [6.07, 6.45) is 1.66. The van der Waals surface area contributed by atoms with Crippen molar-refractivity contribution in [3.8, 4) is 5.75 Å². The van der Waals surface area contributed by atoms with Gasteiger partial charge in [0, 0.05) is 28.7 Å². The van der Waals surface area contributed by atoms with E-state index < -0.39 is 28.5 Å². The molecule has 0 saturated carbocycles. The number of nitrogens with one attached hydrogen (secondary N) is 1. The molecule has 0 aromatic heterocycles. The Labute approximate surface area is 252 Å². The van der Waals surface area contributed by atoms with Crippen LogP contribution in [0.15, 0.2) is 71.6 Å². The largest absolute Gasteiger partial charge is 0.495 e. The van der Waals surface area contributed by atoms with Gasteiger partial charge in [-0.25, -0.2) is 8.42 Å². The molecule has 0 aliphatic heterocycles. The number of halogens is 2. The Kier molecular flexibility index (Phi) is 11.5. The molecule has 2 amide bonds. The van der Waals surface area contributed by atoms with Gasteiger partial charge in [-0.15, -0.1) is 0 Å². The highest BCUT2D eigenvalue weighted by Gasteiger charge is 2.34. The number of ether oxygens (including phenoxy) is 1. The Bertz CT molecular complexity index is 1440. The van der Waals surface area contributed by atoms with E-state index in [1.165, 1.54) is 24.1 Å². The van der Waals surface area contributed by atoms with Gasteiger partial charge in [0.15, 0.2) is 0 Å². The van der Waals surface area contributed by atoms with Crippen molar-refractivity contribution in [1.82, 2.24) is 10.2 Å². The fourth-order valence-electron chi connectivity index (χ4n) is 4.16. The van der Waals surface area contributed by atoms with E-state index in [0.29, 0.717) is 22.2 Å². The second-order valence-electron chi connectivity index (χ2n) is 9.54. The number of para-hydroxylation sites is 2. The molecule has 1 N–H and O–H groups in total. The number of carbonyl (C=O) groups excluding carboxylic acids is 2. The highest BCUT2D eigenvalue weighted by Crippen LogP contribution is 2.33. The third-order valence-electron chi connectivity index (χ3n) is 6.63. The van der Waals surface area contributed by atoms with Gasteiger partial charge in [0.05, 0.1) is 17.7 Å². The van der Waals surface area contributed by atoms with E-state index in [0.717, 1.165) is 22.7 Å². The summed E-state index contributed by atoms with van der Waals surface area (Å²) in [5, 5.41) is 3.49. The Morgan fingerprint density at radius 2 is 1.61 bits per heavy atom. The minimum Gasteiger partial charge on any atom is -0.495 e. The molecule has 8 nitrogen and oxygen atoms in total. The van der Waals surface area contributed by atoms with Crippen molar-refractivity contribution in [1.29, 1.82) is 0 Å². The smallest absolute Gasteiger partial charge is 0.264 e. The first-order valence-electron chi connectivity index (χ1n) is 13.2. The fraction of sp³-hybridized carbons (Fsp3) is 0.333. The first-order chi connectivity index (χ1) is 19.5. The van der Waals surface area contributed by atoms with Gasteiger partial charge in [-0.2, -0.15) is 0 Å².